The number of hydrogen-bond donors (Lipinski definition) is 0. The standard InChI is InChI=1S/C28H20BrCl2N3O4/c1-3-11-37-26-22(36-4-2)14-17(24(29)25(26)31)15-32-34-27(33-20-8-6-5-7-19(20)28(34)35)23-13-16-12-18(30)9-10-21(16)38-23/h3,5-10,12-15H,1,4,11H2,2H3. The van der Waals surface area contributed by atoms with E-state index in [9.17, 15) is 4.79 Å². The van der Waals surface area contributed by atoms with E-state index >= 15 is 0 Å². The van der Waals surface area contributed by atoms with Crippen LogP contribution in [0.1, 0.15) is 12.5 Å². The molecule has 0 unspecified atom stereocenters. The van der Waals surface area contributed by atoms with Gasteiger partial charge in [0, 0.05) is 20.4 Å². The molecule has 2 heterocycles. The van der Waals surface area contributed by atoms with E-state index in [-0.39, 0.29) is 18.0 Å². The normalized spacial score (nSPS) is 11.5. The Kier molecular flexibility index (Phi) is 7.56. The van der Waals surface area contributed by atoms with Crippen molar-refractivity contribution in [1.29, 1.82) is 0 Å². The smallest absolute Gasteiger partial charge is 0.282 e. The molecule has 0 saturated carbocycles. The maximum absolute atomic E-state index is 13.6. The van der Waals surface area contributed by atoms with E-state index in [4.69, 9.17) is 42.1 Å². The van der Waals surface area contributed by atoms with Gasteiger partial charge in [0.25, 0.3) is 5.56 Å². The monoisotopic (exact) mass is 611 g/mol. The number of aromatic nitrogens is 2. The van der Waals surface area contributed by atoms with Gasteiger partial charge in [0.1, 0.15) is 17.2 Å². The summed E-state index contributed by atoms with van der Waals surface area (Å²) in [5.41, 5.74) is 1.32. The molecule has 7 nitrogen and oxygen atoms in total. The van der Waals surface area contributed by atoms with Crippen molar-refractivity contribution in [3.05, 3.63) is 97.7 Å². The minimum atomic E-state index is -0.362. The topological polar surface area (TPSA) is 78.8 Å². The van der Waals surface area contributed by atoms with Gasteiger partial charge in [-0.25, -0.2) is 4.98 Å². The largest absolute Gasteiger partial charge is 0.490 e. The first-order chi connectivity index (χ1) is 18.4. The molecule has 3 aromatic carbocycles. The number of ether oxygens (including phenoxy) is 2. The van der Waals surface area contributed by atoms with Gasteiger partial charge in [-0.05, 0) is 65.3 Å². The second kappa shape index (κ2) is 11.0. The number of hydrogen-bond acceptors (Lipinski definition) is 6. The molecule has 0 fully saturated rings. The molecule has 0 aliphatic carbocycles. The third-order valence-corrected chi connectivity index (χ3v) is 7.24. The van der Waals surface area contributed by atoms with Crippen LogP contribution in [0.5, 0.6) is 11.5 Å². The minimum Gasteiger partial charge on any atom is -0.490 e. The van der Waals surface area contributed by atoms with E-state index in [0.717, 1.165) is 5.39 Å². The molecule has 0 aliphatic heterocycles. The van der Waals surface area contributed by atoms with Crippen molar-refractivity contribution in [2.45, 2.75) is 6.92 Å². The van der Waals surface area contributed by atoms with Crippen molar-refractivity contribution >= 4 is 67.2 Å². The van der Waals surface area contributed by atoms with Crippen molar-refractivity contribution in [3.63, 3.8) is 0 Å². The summed E-state index contributed by atoms with van der Waals surface area (Å²) in [6, 6.07) is 15.8. The first-order valence-corrected chi connectivity index (χ1v) is 13.1. The zero-order valence-corrected chi connectivity index (χ0v) is 23.2. The Balaban J connectivity index is 1.68. The number of fused-ring (bicyclic) bond motifs is 2. The number of para-hydroxylation sites is 1. The highest BCUT2D eigenvalue weighted by Gasteiger charge is 2.19. The third-order valence-electron chi connectivity index (χ3n) is 5.57. The van der Waals surface area contributed by atoms with Crippen LogP contribution in [-0.4, -0.2) is 29.1 Å². The average molecular weight is 613 g/mol. The fourth-order valence-corrected chi connectivity index (χ4v) is 4.71. The van der Waals surface area contributed by atoms with Crippen molar-refractivity contribution in [2.24, 2.45) is 5.10 Å². The van der Waals surface area contributed by atoms with Crippen LogP contribution in [0.15, 0.2) is 86.0 Å². The second-order valence-electron chi connectivity index (χ2n) is 8.06. The summed E-state index contributed by atoms with van der Waals surface area (Å²) >= 11 is 16.3. The van der Waals surface area contributed by atoms with Crippen molar-refractivity contribution in [3.8, 4) is 23.1 Å². The minimum absolute atomic E-state index is 0.232. The van der Waals surface area contributed by atoms with Gasteiger partial charge in [0.15, 0.2) is 17.3 Å². The van der Waals surface area contributed by atoms with Crippen LogP contribution < -0.4 is 15.0 Å². The number of furan rings is 1. The van der Waals surface area contributed by atoms with Gasteiger partial charge >= 0.3 is 0 Å². The zero-order valence-electron chi connectivity index (χ0n) is 20.1. The van der Waals surface area contributed by atoms with E-state index in [1.807, 2.05) is 13.0 Å². The van der Waals surface area contributed by atoms with E-state index < -0.39 is 0 Å². The summed E-state index contributed by atoms with van der Waals surface area (Å²) in [5, 5.41) is 6.57. The average Bonchev–Trinajstić information content (AvgIpc) is 3.33. The predicted octanol–water partition coefficient (Wildman–Crippen LogP) is 7.72. The number of rotatable bonds is 8. The number of nitrogens with zero attached hydrogens (tertiary/aromatic N) is 3. The summed E-state index contributed by atoms with van der Waals surface area (Å²) in [4.78, 5) is 18.3. The lowest BCUT2D eigenvalue weighted by atomic mass is 10.2. The summed E-state index contributed by atoms with van der Waals surface area (Å²) in [6.07, 6.45) is 3.11. The Morgan fingerprint density at radius 3 is 2.76 bits per heavy atom. The van der Waals surface area contributed by atoms with Gasteiger partial charge in [0.05, 0.1) is 23.7 Å². The first kappa shape index (κ1) is 26.0. The maximum atomic E-state index is 13.6. The van der Waals surface area contributed by atoms with Gasteiger partial charge in [-0.15, -0.1) is 0 Å². The fourth-order valence-electron chi connectivity index (χ4n) is 3.87. The quantitative estimate of drug-likeness (QED) is 0.132. The third kappa shape index (κ3) is 4.95. The SMILES string of the molecule is C=CCOc1c(OCC)cc(C=Nn2c(-c3cc4cc(Cl)ccc4o3)nc3ccccc3c2=O)c(Br)c1Cl. The molecule has 38 heavy (non-hydrogen) atoms. The molecular formula is C28H20BrCl2N3O4. The van der Waals surface area contributed by atoms with E-state index in [0.29, 0.717) is 60.4 Å². The number of benzene rings is 3. The lowest BCUT2D eigenvalue weighted by Gasteiger charge is -2.15. The first-order valence-electron chi connectivity index (χ1n) is 11.5. The van der Waals surface area contributed by atoms with Crippen LogP contribution in [0, 0.1) is 0 Å². The molecule has 0 radical (unpaired) electrons. The van der Waals surface area contributed by atoms with E-state index in [2.05, 4.69) is 27.6 Å². The van der Waals surface area contributed by atoms with Gasteiger partial charge in [0.2, 0.25) is 5.82 Å². The molecule has 10 heteroatoms. The highest BCUT2D eigenvalue weighted by Crippen LogP contribution is 2.42. The van der Waals surface area contributed by atoms with Crippen LogP contribution in [0.4, 0.5) is 0 Å². The number of halogens is 3. The Morgan fingerprint density at radius 2 is 1.97 bits per heavy atom. The molecule has 0 bridgehead atoms. The molecule has 0 saturated heterocycles. The van der Waals surface area contributed by atoms with Crippen LogP contribution in [0.2, 0.25) is 10.0 Å². The molecule has 2 aromatic heterocycles. The van der Waals surface area contributed by atoms with Crippen LogP contribution in [0.25, 0.3) is 33.5 Å². The highest BCUT2D eigenvalue weighted by atomic mass is 79.9. The van der Waals surface area contributed by atoms with Crippen molar-refractivity contribution in [1.82, 2.24) is 9.66 Å². The van der Waals surface area contributed by atoms with Gasteiger partial charge in [-0.1, -0.05) is 48.0 Å². The lowest BCUT2D eigenvalue weighted by Crippen LogP contribution is -2.20. The summed E-state index contributed by atoms with van der Waals surface area (Å²) in [5.74, 6) is 1.41. The van der Waals surface area contributed by atoms with Gasteiger partial charge in [-0.2, -0.15) is 9.78 Å². The van der Waals surface area contributed by atoms with Crippen LogP contribution in [-0.2, 0) is 0 Å². The molecule has 0 atom stereocenters. The molecule has 192 valence electrons. The molecule has 0 amide bonds. The molecule has 0 aliphatic rings. The van der Waals surface area contributed by atoms with Crippen LogP contribution >= 0.6 is 39.1 Å². The summed E-state index contributed by atoms with van der Waals surface area (Å²) < 4.78 is 19.2. The Morgan fingerprint density at radius 1 is 1.16 bits per heavy atom. The summed E-state index contributed by atoms with van der Waals surface area (Å²) in [7, 11) is 0. The van der Waals surface area contributed by atoms with E-state index in [1.54, 1.807) is 54.6 Å². The van der Waals surface area contributed by atoms with Gasteiger partial charge < -0.3 is 13.9 Å². The van der Waals surface area contributed by atoms with Gasteiger partial charge in [-0.3, -0.25) is 4.79 Å². The highest BCUT2D eigenvalue weighted by molar-refractivity contribution is 9.10. The summed E-state index contributed by atoms with van der Waals surface area (Å²) in [6.45, 7) is 6.18. The molecule has 0 N–H and O–H groups in total. The van der Waals surface area contributed by atoms with Crippen molar-refractivity contribution in [2.75, 3.05) is 13.2 Å². The van der Waals surface area contributed by atoms with Crippen LogP contribution in [0.3, 0.4) is 0 Å². The fraction of sp³-hybridized carbons (Fsp3) is 0.107. The Bertz CT molecular complexity index is 1780. The predicted molar refractivity (Wildman–Crippen MR) is 155 cm³/mol. The molecular weight excluding hydrogens is 593 g/mol. The molecule has 0 spiro atoms. The Hall–Kier alpha value is -3.59. The molecule has 5 aromatic rings. The maximum Gasteiger partial charge on any atom is 0.282 e. The molecule has 5 rings (SSSR count). The zero-order chi connectivity index (χ0) is 26.8. The Labute approximate surface area is 236 Å². The van der Waals surface area contributed by atoms with E-state index in [1.165, 1.54) is 10.9 Å². The lowest BCUT2D eigenvalue weighted by molar-refractivity contribution is 0.297. The van der Waals surface area contributed by atoms with Crippen molar-refractivity contribution < 1.29 is 13.9 Å². The second-order valence-corrected chi connectivity index (χ2v) is 9.67.